The molecule has 1 saturated heterocycles. The van der Waals surface area contributed by atoms with Crippen LogP contribution < -0.4 is 0 Å². The van der Waals surface area contributed by atoms with Crippen LogP contribution in [0.5, 0.6) is 0 Å². The molecule has 0 saturated carbocycles. The van der Waals surface area contributed by atoms with E-state index in [2.05, 4.69) is 27.0 Å². The van der Waals surface area contributed by atoms with E-state index < -0.39 is 0 Å². The van der Waals surface area contributed by atoms with Gasteiger partial charge < -0.3 is 14.2 Å². The highest BCUT2D eigenvalue weighted by Gasteiger charge is 2.23. The Hall–Kier alpha value is -1.69. The summed E-state index contributed by atoms with van der Waals surface area (Å²) in [6.07, 6.45) is 7.84. The number of rotatable bonds is 4. The van der Waals surface area contributed by atoms with Crippen LogP contribution in [0.4, 0.5) is 0 Å². The Labute approximate surface area is 111 Å². The van der Waals surface area contributed by atoms with Gasteiger partial charge in [0.2, 0.25) is 11.7 Å². The average Bonchev–Trinajstić information content (AvgIpc) is 3.09. The van der Waals surface area contributed by atoms with E-state index >= 15 is 0 Å². The molecular formula is C13H18N4O2. The smallest absolute Gasteiger partial charge is 0.238 e. The summed E-state index contributed by atoms with van der Waals surface area (Å²) in [7, 11) is 0. The maximum absolute atomic E-state index is 5.68. The molecule has 102 valence electrons. The van der Waals surface area contributed by atoms with Gasteiger partial charge in [-0.2, -0.15) is 4.98 Å². The lowest BCUT2D eigenvalue weighted by molar-refractivity contribution is -0.0115. The Balaban J connectivity index is 1.64. The number of aromatic amines is 1. The topological polar surface area (TPSA) is 76.8 Å². The number of H-pyrrole nitrogens is 1. The average molecular weight is 262 g/mol. The van der Waals surface area contributed by atoms with E-state index in [4.69, 9.17) is 9.26 Å². The molecule has 2 atom stereocenters. The van der Waals surface area contributed by atoms with Crippen molar-refractivity contribution in [3.05, 3.63) is 18.3 Å². The second-order valence-corrected chi connectivity index (χ2v) is 4.95. The van der Waals surface area contributed by atoms with Crippen LogP contribution in [0, 0.1) is 5.92 Å². The summed E-state index contributed by atoms with van der Waals surface area (Å²) < 4.78 is 11.0. The van der Waals surface area contributed by atoms with Crippen LogP contribution >= 0.6 is 0 Å². The van der Waals surface area contributed by atoms with Crippen LogP contribution in [-0.4, -0.2) is 32.8 Å². The molecule has 0 aliphatic carbocycles. The lowest BCUT2D eigenvalue weighted by Gasteiger charge is -2.27. The molecule has 1 fully saturated rings. The molecule has 3 rings (SSSR count). The lowest BCUT2D eigenvalue weighted by Crippen LogP contribution is -2.26. The summed E-state index contributed by atoms with van der Waals surface area (Å²) in [5, 5.41) is 3.95. The number of hydrogen-bond acceptors (Lipinski definition) is 5. The van der Waals surface area contributed by atoms with E-state index in [1.165, 1.54) is 0 Å². The number of imidazole rings is 1. The Bertz CT molecular complexity index is 508. The molecule has 0 amide bonds. The molecule has 6 nitrogen and oxygen atoms in total. The third-order valence-electron chi connectivity index (χ3n) is 3.57. The molecule has 0 aromatic carbocycles. The monoisotopic (exact) mass is 262 g/mol. The normalized spacial score (nSPS) is 23.6. The van der Waals surface area contributed by atoms with Crippen LogP contribution in [-0.2, 0) is 11.2 Å². The molecule has 0 radical (unpaired) electrons. The second kappa shape index (κ2) is 5.52. The zero-order valence-corrected chi connectivity index (χ0v) is 11.0. The van der Waals surface area contributed by atoms with Crippen molar-refractivity contribution in [1.29, 1.82) is 0 Å². The van der Waals surface area contributed by atoms with Crippen LogP contribution in [0.15, 0.2) is 16.9 Å². The molecule has 0 spiro atoms. The van der Waals surface area contributed by atoms with Gasteiger partial charge in [-0.05, 0) is 25.2 Å². The molecule has 19 heavy (non-hydrogen) atoms. The summed E-state index contributed by atoms with van der Waals surface area (Å²) in [6.45, 7) is 3.00. The predicted octanol–water partition coefficient (Wildman–Crippen LogP) is 2.21. The fraction of sp³-hybridized carbons (Fsp3) is 0.615. The molecule has 1 aliphatic heterocycles. The molecule has 2 aromatic heterocycles. The van der Waals surface area contributed by atoms with Gasteiger partial charge in [-0.15, -0.1) is 0 Å². The second-order valence-electron chi connectivity index (χ2n) is 4.95. The first-order valence-electron chi connectivity index (χ1n) is 6.79. The molecule has 6 heteroatoms. The van der Waals surface area contributed by atoms with Crippen molar-refractivity contribution in [3.8, 4) is 11.6 Å². The van der Waals surface area contributed by atoms with E-state index in [9.17, 15) is 0 Å². The van der Waals surface area contributed by atoms with E-state index in [1.807, 2.05) is 0 Å². The zero-order chi connectivity index (χ0) is 13.1. The van der Waals surface area contributed by atoms with E-state index in [1.54, 1.807) is 12.4 Å². The highest BCUT2D eigenvalue weighted by atomic mass is 16.5. The van der Waals surface area contributed by atoms with Gasteiger partial charge in [-0.3, -0.25) is 0 Å². The van der Waals surface area contributed by atoms with E-state index in [0.29, 0.717) is 29.6 Å². The SMILES string of the molecule is CC[C@H]1C[C@@H](Cc2nc(-c3ncc[nH]3)no2)CCO1. The summed E-state index contributed by atoms with van der Waals surface area (Å²) in [4.78, 5) is 11.5. The van der Waals surface area contributed by atoms with Crippen molar-refractivity contribution in [1.82, 2.24) is 20.1 Å². The molecule has 1 N–H and O–H groups in total. The van der Waals surface area contributed by atoms with Crippen molar-refractivity contribution in [2.45, 2.75) is 38.7 Å². The van der Waals surface area contributed by atoms with Gasteiger partial charge in [0.05, 0.1) is 6.10 Å². The number of hydrogen-bond donors (Lipinski definition) is 1. The molecule has 1 aliphatic rings. The molecule has 0 unspecified atom stereocenters. The standard InChI is InChI=1S/C13H18N4O2/c1-2-10-7-9(3-6-18-10)8-11-16-13(17-19-11)12-14-4-5-15-12/h4-5,9-10H,2-3,6-8H2,1H3,(H,14,15)/t9-,10-/m0/s1. The molecule has 0 bridgehead atoms. The fourth-order valence-electron chi connectivity index (χ4n) is 2.50. The first-order valence-corrected chi connectivity index (χ1v) is 6.79. The third-order valence-corrected chi connectivity index (χ3v) is 3.57. The number of ether oxygens (including phenoxy) is 1. The Kier molecular flexibility index (Phi) is 3.59. The maximum Gasteiger partial charge on any atom is 0.238 e. The fourth-order valence-corrected chi connectivity index (χ4v) is 2.50. The third kappa shape index (κ3) is 2.84. The minimum absolute atomic E-state index is 0.381. The van der Waals surface area contributed by atoms with Gasteiger partial charge in [-0.1, -0.05) is 12.1 Å². The van der Waals surface area contributed by atoms with Crippen molar-refractivity contribution in [2.75, 3.05) is 6.61 Å². The first kappa shape index (κ1) is 12.3. The van der Waals surface area contributed by atoms with Crippen molar-refractivity contribution in [2.24, 2.45) is 5.92 Å². The van der Waals surface area contributed by atoms with Crippen molar-refractivity contribution < 1.29 is 9.26 Å². The highest BCUT2D eigenvalue weighted by molar-refractivity contribution is 5.40. The molecule has 2 aromatic rings. The van der Waals surface area contributed by atoms with Crippen molar-refractivity contribution in [3.63, 3.8) is 0 Å². The molecular weight excluding hydrogens is 244 g/mol. The lowest BCUT2D eigenvalue weighted by atomic mass is 9.91. The van der Waals surface area contributed by atoms with E-state index in [0.717, 1.165) is 32.3 Å². The van der Waals surface area contributed by atoms with Crippen molar-refractivity contribution >= 4 is 0 Å². The summed E-state index contributed by atoms with van der Waals surface area (Å²) in [5.74, 6) is 2.43. The minimum Gasteiger partial charge on any atom is -0.378 e. The van der Waals surface area contributed by atoms with Gasteiger partial charge in [0.1, 0.15) is 0 Å². The van der Waals surface area contributed by atoms with Gasteiger partial charge >= 0.3 is 0 Å². The summed E-state index contributed by atoms with van der Waals surface area (Å²) in [6, 6.07) is 0. The Morgan fingerprint density at radius 3 is 3.21 bits per heavy atom. The first-order chi connectivity index (χ1) is 9.35. The number of aromatic nitrogens is 4. The predicted molar refractivity (Wildman–Crippen MR) is 68.3 cm³/mol. The van der Waals surface area contributed by atoms with Crippen LogP contribution in [0.2, 0.25) is 0 Å². The van der Waals surface area contributed by atoms with Gasteiger partial charge in [0.25, 0.3) is 0 Å². The Morgan fingerprint density at radius 2 is 2.42 bits per heavy atom. The zero-order valence-electron chi connectivity index (χ0n) is 11.0. The molecule has 3 heterocycles. The highest BCUT2D eigenvalue weighted by Crippen LogP contribution is 2.25. The Morgan fingerprint density at radius 1 is 1.47 bits per heavy atom. The van der Waals surface area contributed by atoms with Crippen LogP contribution in [0.3, 0.4) is 0 Å². The quantitative estimate of drug-likeness (QED) is 0.914. The summed E-state index contributed by atoms with van der Waals surface area (Å²) >= 11 is 0. The summed E-state index contributed by atoms with van der Waals surface area (Å²) in [5.41, 5.74) is 0. The largest absolute Gasteiger partial charge is 0.378 e. The van der Waals surface area contributed by atoms with Gasteiger partial charge in [0.15, 0.2) is 5.82 Å². The van der Waals surface area contributed by atoms with Crippen LogP contribution in [0.25, 0.3) is 11.6 Å². The number of nitrogens with one attached hydrogen (secondary N) is 1. The van der Waals surface area contributed by atoms with E-state index in [-0.39, 0.29) is 0 Å². The number of nitrogens with zero attached hydrogens (tertiary/aromatic N) is 3. The van der Waals surface area contributed by atoms with Crippen LogP contribution in [0.1, 0.15) is 32.1 Å². The maximum atomic E-state index is 5.68. The minimum atomic E-state index is 0.381. The van der Waals surface area contributed by atoms with Gasteiger partial charge in [-0.25, -0.2) is 4.98 Å². The van der Waals surface area contributed by atoms with Gasteiger partial charge in [0, 0.05) is 25.4 Å².